The number of carbonyl (C=O) groups excluding carboxylic acids is 2. The molecule has 0 atom stereocenters. The molecule has 1 heterocycles. The van der Waals surface area contributed by atoms with E-state index in [1.165, 1.54) is 11.8 Å². The zero-order chi connectivity index (χ0) is 15.9. The molecule has 0 spiro atoms. The highest BCUT2D eigenvalue weighted by Gasteiger charge is 2.22. The number of morpholine rings is 1. The third-order valence-electron chi connectivity index (χ3n) is 3.46. The molecule has 1 aliphatic heterocycles. The van der Waals surface area contributed by atoms with Crippen molar-refractivity contribution in [3.63, 3.8) is 0 Å². The fourth-order valence-electron chi connectivity index (χ4n) is 2.03. The van der Waals surface area contributed by atoms with Crippen LogP contribution in [0.4, 0.5) is 0 Å². The maximum absolute atomic E-state index is 12.0. The fraction of sp³-hybridized carbons (Fsp3) is 0.857. The lowest BCUT2D eigenvalue weighted by Gasteiger charge is -2.29. The summed E-state index contributed by atoms with van der Waals surface area (Å²) in [7, 11) is 1.78. The van der Waals surface area contributed by atoms with Gasteiger partial charge in [-0.15, -0.1) is 24.2 Å². The van der Waals surface area contributed by atoms with Crippen molar-refractivity contribution in [2.45, 2.75) is 13.8 Å². The van der Waals surface area contributed by atoms with Gasteiger partial charge in [0.25, 0.3) is 0 Å². The number of nitrogens with two attached hydrogens (primary N) is 1. The lowest BCUT2D eigenvalue weighted by molar-refractivity contribution is -0.132. The molecule has 2 amide bonds. The molecule has 1 saturated heterocycles. The minimum absolute atomic E-state index is 0. The molecule has 0 aromatic rings. The maximum Gasteiger partial charge on any atom is 0.232 e. The molecule has 2 N–H and O–H groups in total. The number of ether oxygens (including phenoxy) is 1. The molecule has 1 aliphatic rings. The van der Waals surface area contributed by atoms with Gasteiger partial charge in [0.2, 0.25) is 11.8 Å². The van der Waals surface area contributed by atoms with Crippen LogP contribution < -0.4 is 5.73 Å². The largest absolute Gasteiger partial charge is 0.378 e. The molecule has 1 fully saturated rings. The summed E-state index contributed by atoms with van der Waals surface area (Å²) in [4.78, 5) is 27.4. The highest BCUT2D eigenvalue weighted by atomic mass is 35.5. The molecular formula is C14H28ClN3O3S. The number of halogens is 1. The van der Waals surface area contributed by atoms with Crippen LogP contribution in [0.5, 0.6) is 0 Å². The summed E-state index contributed by atoms with van der Waals surface area (Å²) in [5, 5.41) is 0. The van der Waals surface area contributed by atoms with Crippen LogP contribution in [0.2, 0.25) is 0 Å². The van der Waals surface area contributed by atoms with Crippen molar-refractivity contribution < 1.29 is 14.3 Å². The van der Waals surface area contributed by atoms with Crippen molar-refractivity contribution >= 4 is 36.0 Å². The van der Waals surface area contributed by atoms with E-state index in [2.05, 4.69) is 0 Å². The van der Waals surface area contributed by atoms with E-state index in [-0.39, 0.29) is 29.6 Å². The molecule has 0 unspecified atom stereocenters. The van der Waals surface area contributed by atoms with Gasteiger partial charge in [-0.3, -0.25) is 9.59 Å². The highest BCUT2D eigenvalue weighted by Crippen LogP contribution is 2.15. The van der Waals surface area contributed by atoms with E-state index in [4.69, 9.17) is 10.5 Å². The van der Waals surface area contributed by atoms with Crippen LogP contribution in [-0.4, -0.2) is 79.6 Å². The summed E-state index contributed by atoms with van der Waals surface area (Å²) < 4.78 is 5.21. The van der Waals surface area contributed by atoms with E-state index in [1.54, 1.807) is 16.8 Å². The first-order valence-corrected chi connectivity index (χ1v) is 8.38. The first-order chi connectivity index (χ1) is 9.85. The second-order valence-electron chi connectivity index (χ2n) is 6.10. The number of hydrogen-bond donors (Lipinski definition) is 1. The van der Waals surface area contributed by atoms with Crippen LogP contribution >= 0.6 is 24.2 Å². The average molecular weight is 354 g/mol. The second kappa shape index (κ2) is 10.3. The number of carbonyl (C=O) groups is 2. The zero-order valence-corrected chi connectivity index (χ0v) is 15.3. The van der Waals surface area contributed by atoms with Gasteiger partial charge in [0, 0.05) is 26.7 Å². The number of nitrogens with zero attached hydrogens (tertiary/aromatic N) is 2. The lowest BCUT2D eigenvalue weighted by atomic mass is 9.93. The summed E-state index contributed by atoms with van der Waals surface area (Å²) in [5.41, 5.74) is 5.59. The van der Waals surface area contributed by atoms with Gasteiger partial charge < -0.3 is 20.3 Å². The third-order valence-corrected chi connectivity index (χ3v) is 4.36. The predicted octanol–water partition coefficient (Wildman–Crippen LogP) is 0.444. The van der Waals surface area contributed by atoms with Crippen LogP contribution in [0, 0.1) is 5.41 Å². The molecule has 0 saturated carbocycles. The summed E-state index contributed by atoms with van der Waals surface area (Å²) in [6, 6.07) is 0. The van der Waals surface area contributed by atoms with E-state index in [0.29, 0.717) is 50.9 Å². The zero-order valence-electron chi connectivity index (χ0n) is 13.7. The third kappa shape index (κ3) is 7.67. The Morgan fingerprint density at radius 3 is 2.41 bits per heavy atom. The molecule has 22 heavy (non-hydrogen) atoms. The standard InChI is InChI=1S/C14H27N3O3S.ClH/c1-14(2,10-15)11-16(3)12(18)8-21-9-13(19)17-4-6-20-7-5-17;/h4-11,15H2,1-3H3;1H. The molecule has 0 aromatic heterocycles. The van der Waals surface area contributed by atoms with E-state index in [1.807, 2.05) is 13.8 Å². The predicted molar refractivity (Wildman–Crippen MR) is 92.4 cm³/mol. The van der Waals surface area contributed by atoms with Gasteiger partial charge in [-0.05, 0) is 12.0 Å². The quantitative estimate of drug-likeness (QED) is 0.719. The van der Waals surface area contributed by atoms with Crippen LogP contribution in [-0.2, 0) is 14.3 Å². The Morgan fingerprint density at radius 2 is 1.86 bits per heavy atom. The minimum atomic E-state index is -0.0846. The van der Waals surface area contributed by atoms with E-state index in [9.17, 15) is 9.59 Å². The van der Waals surface area contributed by atoms with Crippen LogP contribution in [0.3, 0.4) is 0 Å². The van der Waals surface area contributed by atoms with Crippen molar-refractivity contribution in [2.75, 3.05) is 57.9 Å². The fourth-order valence-corrected chi connectivity index (χ4v) is 2.89. The number of hydrogen-bond acceptors (Lipinski definition) is 5. The van der Waals surface area contributed by atoms with Crippen LogP contribution in [0.1, 0.15) is 13.8 Å². The Labute approximate surface area is 143 Å². The Kier molecular flexibility index (Phi) is 10.1. The van der Waals surface area contributed by atoms with Gasteiger partial charge in [-0.25, -0.2) is 0 Å². The molecule has 6 nitrogen and oxygen atoms in total. The van der Waals surface area contributed by atoms with E-state index < -0.39 is 0 Å². The Morgan fingerprint density at radius 1 is 1.27 bits per heavy atom. The molecular weight excluding hydrogens is 326 g/mol. The van der Waals surface area contributed by atoms with E-state index in [0.717, 1.165) is 0 Å². The average Bonchev–Trinajstić information content (AvgIpc) is 2.47. The molecule has 0 aliphatic carbocycles. The Bertz CT molecular complexity index is 363. The minimum Gasteiger partial charge on any atom is -0.378 e. The molecule has 0 radical (unpaired) electrons. The van der Waals surface area contributed by atoms with Gasteiger partial charge in [-0.2, -0.15) is 0 Å². The summed E-state index contributed by atoms with van der Waals surface area (Å²) >= 11 is 1.37. The normalized spacial score (nSPS) is 15.2. The van der Waals surface area contributed by atoms with Crippen LogP contribution in [0.25, 0.3) is 0 Å². The Hall–Kier alpha value is -0.500. The van der Waals surface area contributed by atoms with Gasteiger partial charge >= 0.3 is 0 Å². The molecule has 0 aromatic carbocycles. The topological polar surface area (TPSA) is 75.9 Å². The monoisotopic (exact) mass is 353 g/mol. The maximum atomic E-state index is 12.0. The van der Waals surface area contributed by atoms with Gasteiger partial charge in [0.05, 0.1) is 24.7 Å². The van der Waals surface area contributed by atoms with Crippen molar-refractivity contribution in [1.82, 2.24) is 9.80 Å². The lowest BCUT2D eigenvalue weighted by Crippen LogP contribution is -2.42. The number of rotatable bonds is 7. The van der Waals surface area contributed by atoms with Crippen molar-refractivity contribution in [3.05, 3.63) is 0 Å². The molecule has 0 bridgehead atoms. The highest BCUT2D eigenvalue weighted by molar-refractivity contribution is 8.00. The first kappa shape index (κ1) is 21.5. The summed E-state index contributed by atoms with van der Waals surface area (Å²) in [6.07, 6.45) is 0. The van der Waals surface area contributed by atoms with Gasteiger partial charge in [0.1, 0.15) is 0 Å². The summed E-state index contributed by atoms with van der Waals surface area (Å²) in [6.45, 7) is 7.74. The second-order valence-corrected chi connectivity index (χ2v) is 7.09. The summed E-state index contributed by atoms with van der Waals surface area (Å²) in [5.74, 6) is 0.796. The number of amides is 2. The van der Waals surface area contributed by atoms with Crippen molar-refractivity contribution in [3.8, 4) is 0 Å². The van der Waals surface area contributed by atoms with Crippen molar-refractivity contribution in [1.29, 1.82) is 0 Å². The first-order valence-electron chi connectivity index (χ1n) is 7.23. The molecule has 130 valence electrons. The number of thioether (sulfide) groups is 1. The smallest absolute Gasteiger partial charge is 0.232 e. The SMILES string of the molecule is CN(CC(C)(C)CN)C(=O)CSCC(=O)N1CCOCC1.Cl. The van der Waals surface area contributed by atoms with Crippen LogP contribution in [0.15, 0.2) is 0 Å². The van der Waals surface area contributed by atoms with Crippen molar-refractivity contribution in [2.24, 2.45) is 11.1 Å². The molecule has 8 heteroatoms. The van der Waals surface area contributed by atoms with Gasteiger partial charge in [-0.1, -0.05) is 13.8 Å². The van der Waals surface area contributed by atoms with E-state index >= 15 is 0 Å². The molecule has 1 rings (SSSR count). The van der Waals surface area contributed by atoms with Gasteiger partial charge in [0.15, 0.2) is 0 Å². The Balaban J connectivity index is 0.00000441.